The molecule has 0 bridgehead atoms. The number of hydrogen-bond acceptors (Lipinski definition) is 8. The molecule has 0 aliphatic carbocycles. The average Bonchev–Trinajstić information content (AvgIpc) is 3.66. The summed E-state index contributed by atoms with van der Waals surface area (Å²) < 4.78 is 13.8. The third kappa shape index (κ3) is 5.65. The van der Waals surface area contributed by atoms with Gasteiger partial charge in [-0.2, -0.15) is 0 Å². The fraction of sp³-hybridized carbons (Fsp3) is 0.303. The SMILES string of the molecule is COc1nc(-c2cccc(-c3cccc(NC(=O)c4cn(C)c(=O)n(C)c4=O)c3C)c2Cl)cc2c1C(NCC1CCC(=O)N1)CO2. The maximum atomic E-state index is 13.1. The van der Waals surface area contributed by atoms with E-state index in [0.29, 0.717) is 58.7 Å². The molecule has 12 nitrogen and oxygen atoms in total. The highest BCUT2D eigenvalue weighted by Crippen LogP contribution is 2.44. The van der Waals surface area contributed by atoms with Crippen molar-refractivity contribution in [2.45, 2.75) is 31.8 Å². The molecule has 0 radical (unpaired) electrons. The zero-order valence-corrected chi connectivity index (χ0v) is 26.5. The first kappa shape index (κ1) is 31.1. The average molecular weight is 645 g/mol. The maximum absolute atomic E-state index is 13.1. The molecule has 4 heterocycles. The minimum atomic E-state index is -0.684. The number of pyridine rings is 1. The molecule has 4 aromatic rings. The summed E-state index contributed by atoms with van der Waals surface area (Å²) in [5, 5.41) is 9.70. The number of halogens is 1. The number of methoxy groups -OCH3 is 1. The second-order valence-corrected chi connectivity index (χ2v) is 11.8. The van der Waals surface area contributed by atoms with E-state index in [1.807, 2.05) is 37.3 Å². The van der Waals surface area contributed by atoms with E-state index in [0.717, 1.165) is 27.7 Å². The summed E-state index contributed by atoms with van der Waals surface area (Å²) in [7, 11) is 4.37. The molecule has 2 aromatic heterocycles. The number of aryl methyl sites for hydroxylation is 1. The first-order chi connectivity index (χ1) is 22.1. The predicted molar refractivity (Wildman–Crippen MR) is 174 cm³/mol. The van der Waals surface area contributed by atoms with Crippen LogP contribution in [0.15, 0.2) is 58.3 Å². The second kappa shape index (κ2) is 12.5. The van der Waals surface area contributed by atoms with Gasteiger partial charge in [0.25, 0.3) is 11.5 Å². The molecule has 13 heteroatoms. The minimum absolute atomic E-state index is 0.0675. The van der Waals surface area contributed by atoms with Crippen LogP contribution in [0.25, 0.3) is 22.4 Å². The van der Waals surface area contributed by atoms with E-state index < -0.39 is 17.2 Å². The molecule has 1 saturated heterocycles. The molecule has 238 valence electrons. The van der Waals surface area contributed by atoms with E-state index in [2.05, 4.69) is 16.0 Å². The molecule has 0 saturated carbocycles. The van der Waals surface area contributed by atoms with Gasteiger partial charge in [0, 0.05) is 62.2 Å². The van der Waals surface area contributed by atoms with Crippen LogP contribution < -0.4 is 36.7 Å². The highest BCUT2D eigenvalue weighted by molar-refractivity contribution is 6.36. The summed E-state index contributed by atoms with van der Waals surface area (Å²) in [6.07, 6.45) is 2.56. The maximum Gasteiger partial charge on any atom is 0.330 e. The van der Waals surface area contributed by atoms with Crippen LogP contribution in [0, 0.1) is 6.92 Å². The number of aromatic nitrogens is 3. The third-order valence-electron chi connectivity index (χ3n) is 8.47. The lowest BCUT2D eigenvalue weighted by Crippen LogP contribution is -2.40. The van der Waals surface area contributed by atoms with Gasteiger partial charge in [-0.15, -0.1) is 0 Å². The van der Waals surface area contributed by atoms with E-state index >= 15 is 0 Å². The topological polar surface area (TPSA) is 146 Å². The van der Waals surface area contributed by atoms with Gasteiger partial charge in [-0.25, -0.2) is 9.78 Å². The van der Waals surface area contributed by atoms with Crippen LogP contribution in [0.4, 0.5) is 5.69 Å². The lowest BCUT2D eigenvalue weighted by atomic mass is 9.96. The van der Waals surface area contributed by atoms with Crippen molar-refractivity contribution in [1.82, 2.24) is 24.8 Å². The molecular formula is C33H33ClN6O6. The highest BCUT2D eigenvalue weighted by atomic mass is 35.5. The fourth-order valence-electron chi connectivity index (χ4n) is 5.93. The van der Waals surface area contributed by atoms with Gasteiger partial charge in [-0.05, 0) is 30.5 Å². The Hall–Kier alpha value is -4.94. The van der Waals surface area contributed by atoms with Gasteiger partial charge in [-0.3, -0.25) is 19.0 Å². The molecule has 3 N–H and O–H groups in total. The number of carbonyl (C=O) groups excluding carboxylic acids is 2. The summed E-state index contributed by atoms with van der Waals surface area (Å²) in [5.74, 6) is 0.496. The molecule has 2 aliphatic rings. The van der Waals surface area contributed by atoms with Gasteiger partial charge < -0.3 is 30.0 Å². The van der Waals surface area contributed by atoms with Crippen LogP contribution in [0.5, 0.6) is 11.6 Å². The van der Waals surface area contributed by atoms with Crippen molar-refractivity contribution in [2.24, 2.45) is 14.1 Å². The number of carbonyl (C=O) groups is 2. The summed E-state index contributed by atoms with van der Waals surface area (Å²) in [6.45, 7) is 2.86. The van der Waals surface area contributed by atoms with Crippen molar-refractivity contribution in [2.75, 3.05) is 25.6 Å². The number of ether oxygens (including phenoxy) is 2. The number of amides is 2. The Morgan fingerprint density at radius 3 is 2.61 bits per heavy atom. The third-order valence-corrected chi connectivity index (χ3v) is 8.87. The van der Waals surface area contributed by atoms with Gasteiger partial charge in [0.05, 0.1) is 29.4 Å². The van der Waals surface area contributed by atoms with Crippen LogP contribution in [-0.4, -0.2) is 52.2 Å². The molecule has 2 aliphatic heterocycles. The number of anilines is 1. The van der Waals surface area contributed by atoms with Gasteiger partial charge in [0.2, 0.25) is 11.8 Å². The van der Waals surface area contributed by atoms with E-state index in [1.165, 1.54) is 24.9 Å². The number of nitrogens with one attached hydrogen (secondary N) is 3. The minimum Gasteiger partial charge on any atom is -0.491 e. The number of hydrogen-bond donors (Lipinski definition) is 3. The van der Waals surface area contributed by atoms with Gasteiger partial charge in [0.1, 0.15) is 17.9 Å². The van der Waals surface area contributed by atoms with Crippen molar-refractivity contribution < 1.29 is 19.1 Å². The van der Waals surface area contributed by atoms with E-state index in [1.54, 1.807) is 19.2 Å². The van der Waals surface area contributed by atoms with Crippen LogP contribution >= 0.6 is 11.6 Å². The first-order valence-corrected chi connectivity index (χ1v) is 15.2. The van der Waals surface area contributed by atoms with Crippen molar-refractivity contribution in [3.05, 3.63) is 91.2 Å². The second-order valence-electron chi connectivity index (χ2n) is 11.4. The zero-order valence-electron chi connectivity index (χ0n) is 25.8. The Kier molecular flexibility index (Phi) is 8.41. The monoisotopic (exact) mass is 644 g/mol. The van der Waals surface area contributed by atoms with Gasteiger partial charge >= 0.3 is 5.69 Å². The molecule has 1 fully saturated rings. The Morgan fingerprint density at radius 1 is 1.13 bits per heavy atom. The Bertz CT molecular complexity index is 2000. The highest BCUT2D eigenvalue weighted by Gasteiger charge is 2.32. The van der Waals surface area contributed by atoms with E-state index in [-0.39, 0.29) is 23.6 Å². The van der Waals surface area contributed by atoms with E-state index in [4.69, 9.17) is 26.1 Å². The predicted octanol–water partition coefficient (Wildman–Crippen LogP) is 3.34. The van der Waals surface area contributed by atoms with Crippen LogP contribution in [-0.2, 0) is 18.9 Å². The molecule has 6 rings (SSSR count). The lowest BCUT2D eigenvalue weighted by molar-refractivity contribution is -0.119. The molecule has 46 heavy (non-hydrogen) atoms. The normalized spacial score (nSPS) is 16.9. The van der Waals surface area contributed by atoms with Crippen molar-refractivity contribution in [3.8, 4) is 34.0 Å². The number of fused-ring (bicyclic) bond motifs is 1. The standard InChI is InChI=1S/C33H33ClN6O6/c1-17-19(7-6-10-23(17)37-30(42)22-15-39(2)33(44)40(3)32(22)43)20-8-5-9-21(29(20)34)24-13-26-28(31(38-24)45-4)25(16-46-26)35-14-18-11-12-27(41)36-18/h5-10,13,15,18,25,35H,11-12,14,16H2,1-4H3,(H,36,41)(H,37,42). The molecule has 2 unspecified atom stereocenters. The molecule has 0 spiro atoms. The van der Waals surface area contributed by atoms with E-state index in [9.17, 15) is 19.2 Å². The van der Waals surface area contributed by atoms with Crippen molar-refractivity contribution in [1.29, 1.82) is 0 Å². The fourth-order valence-corrected chi connectivity index (χ4v) is 6.25. The smallest absolute Gasteiger partial charge is 0.330 e. The molecule has 2 amide bonds. The summed E-state index contributed by atoms with van der Waals surface area (Å²) in [5.41, 5.74) is 3.38. The Balaban J connectivity index is 1.29. The number of nitrogens with zero attached hydrogens (tertiary/aromatic N) is 3. The van der Waals surface area contributed by atoms with Crippen LogP contribution in [0.1, 0.15) is 40.4 Å². The summed E-state index contributed by atoms with van der Waals surface area (Å²) in [4.78, 5) is 54.2. The summed E-state index contributed by atoms with van der Waals surface area (Å²) in [6, 6.07) is 12.8. The van der Waals surface area contributed by atoms with Crippen LogP contribution in [0.2, 0.25) is 5.02 Å². The van der Waals surface area contributed by atoms with Crippen molar-refractivity contribution >= 4 is 29.1 Å². The van der Waals surface area contributed by atoms with Gasteiger partial charge in [0.15, 0.2) is 0 Å². The van der Waals surface area contributed by atoms with Crippen molar-refractivity contribution in [3.63, 3.8) is 0 Å². The molecule has 2 atom stereocenters. The molecule has 2 aromatic carbocycles. The first-order valence-electron chi connectivity index (χ1n) is 14.8. The van der Waals surface area contributed by atoms with Gasteiger partial charge in [-0.1, -0.05) is 41.9 Å². The lowest BCUT2D eigenvalue weighted by Gasteiger charge is -2.18. The Morgan fingerprint density at radius 2 is 1.87 bits per heavy atom. The zero-order chi connectivity index (χ0) is 32.7. The Labute approximate surface area is 269 Å². The number of rotatable bonds is 8. The largest absolute Gasteiger partial charge is 0.491 e. The quantitative estimate of drug-likeness (QED) is 0.265. The number of benzene rings is 2. The molecular weight excluding hydrogens is 612 g/mol. The van der Waals surface area contributed by atoms with Crippen LogP contribution in [0.3, 0.4) is 0 Å². The summed E-state index contributed by atoms with van der Waals surface area (Å²) >= 11 is 7.05.